The molecule has 8 heteroatoms. The summed E-state index contributed by atoms with van der Waals surface area (Å²) in [5, 5.41) is 11.6. The van der Waals surface area contributed by atoms with Crippen molar-refractivity contribution in [3.05, 3.63) is 99.6 Å². The Bertz CT molecular complexity index is 1380. The molecule has 0 bridgehead atoms. The second-order valence-corrected chi connectivity index (χ2v) is 8.76. The van der Waals surface area contributed by atoms with Gasteiger partial charge in [-0.1, -0.05) is 53.6 Å². The van der Waals surface area contributed by atoms with Crippen molar-refractivity contribution >= 4 is 40.7 Å². The standard InChI is InChI=1S/C28H24ClNO6/c1-16-5-4-6-18(13-16)25-24(26(32)19-9-12-21(29)22(15-19)35-2)27(33)28(34)30(25)20-10-7-17(8-11-20)14-23(31)36-3/h4-13,15,25,32H,14H2,1-3H3/b26-24-. The van der Waals surface area contributed by atoms with E-state index in [9.17, 15) is 19.5 Å². The molecule has 0 saturated carbocycles. The molecule has 0 radical (unpaired) electrons. The van der Waals surface area contributed by atoms with Crippen molar-refractivity contribution in [3.8, 4) is 5.75 Å². The average Bonchev–Trinajstić information content (AvgIpc) is 3.14. The predicted molar refractivity (Wildman–Crippen MR) is 136 cm³/mol. The average molecular weight is 506 g/mol. The number of methoxy groups -OCH3 is 2. The molecule has 1 amide bonds. The lowest BCUT2D eigenvalue weighted by Gasteiger charge is -2.26. The number of Topliss-reactive ketones (excluding diaryl/α,β-unsaturated/α-hetero) is 1. The minimum atomic E-state index is -0.877. The summed E-state index contributed by atoms with van der Waals surface area (Å²) in [6.07, 6.45) is 0.0787. The summed E-state index contributed by atoms with van der Waals surface area (Å²) >= 11 is 6.13. The fourth-order valence-corrected chi connectivity index (χ4v) is 4.42. The van der Waals surface area contributed by atoms with Gasteiger partial charge in [-0.25, -0.2) is 0 Å². The molecule has 1 heterocycles. The quantitative estimate of drug-likeness (QED) is 0.219. The number of nitrogens with zero attached hydrogens (tertiary/aromatic N) is 1. The largest absolute Gasteiger partial charge is 0.507 e. The zero-order valence-corrected chi connectivity index (χ0v) is 20.7. The monoisotopic (exact) mass is 505 g/mol. The first-order valence-corrected chi connectivity index (χ1v) is 11.5. The van der Waals surface area contributed by atoms with Gasteiger partial charge in [0, 0.05) is 11.3 Å². The van der Waals surface area contributed by atoms with Crippen LogP contribution in [-0.4, -0.2) is 37.0 Å². The molecule has 1 aliphatic rings. The second-order valence-electron chi connectivity index (χ2n) is 8.35. The van der Waals surface area contributed by atoms with E-state index >= 15 is 0 Å². The van der Waals surface area contributed by atoms with E-state index in [1.807, 2.05) is 25.1 Å². The summed E-state index contributed by atoms with van der Waals surface area (Å²) in [7, 11) is 2.76. The van der Waals surface area contributed by atoms with Crippen molar-refractivity contribution in [2.75, 3.05) is 19.1 Å². The second kappa shape index (κ2) is 10.3. The van der Waals surface area contributed by atoms with Gasteiger partial charge in [0.2, 0.25) is 0 Å². The van der Waals surface area contributed by atoms with Crippen LogP contribution in [0.4, 0.5) is 5.69 Å². The molecule has 0 aliphatic carbocycles. The van der Waals surface area contributed by atoms with E-state index in [1.165, 1.54) is 25.2 Å². The van der Waals surface area contributed by atoms with E-state index in [2.05, 4.69) is 0 Å². The van der Waals surface area contributed by atoms with Gasteiger partial charge in [-0.2, -0.15) is 0 Å². The maximum Gasteiger partial charge on any atom is 0.309 e. The third kappa shape index (κ3) is 4.70. The zero-order chi connectivity index (χ0) is 26.0. The normalized spacial score (nSPS) is 16.8. The Labute approximate surface area is 213 Å². The van der Waals surface area contributed by atoms with Crippen LogP contribution in [0.2, 0.25) is 5.02 Å². The topological polar surface area (TPSA) is 93.1 Å². The molecule has 7 nitrogen and oxygen atoms in total. The molecular formula is C28H24ClNO6. The summed E-state index contributed by atoms with van der Waals surface area (Å²) in [5.41, 5.74) is 2.98. The van der Waals surface area contributed by atoms with Gasteiger partial charge in [0.15, 0.2) is 0 Å². The molecule has 1 aliphatic heterocycles. The molecule has 1 unspecified atom stereocenters. The Morgan fingerprint density at radius 3 is 2.39 bits per heavy atom. The van der Waals surface area contributed by atoms with Crippen molar-refractivity contribution in [3.63, 3.8) is 0 Å². The van der Waals surface area contributed by atoms with E-state index in [-0.39, 0.29) is 23.7 Å². The lowest BCUT2D eigenvalue weighted by Crippen LogP contribution is -2.29. The smallest absolute Gasteiger partial charge is 0.309 e. The zero-order valence-electron chi connectivity index (χ0n) is 19.9. The lowest BCUT2D eigenvalue weighted by atomic mass is 9.94. The number of aliphatic hydroxyl groups is 1. The highest BCUT2D eigenvalue weighted by atomic mass is 35.5. The van der Waals surface area contributed by atoms with E-state index in [0.717, 1.165) is 5.56 Å². The third-order valence-electron chi connectivity index (χ3n) is 6.02. The van der Waals surface area contributed by atoms with Crippen LogP contribution < -0.4 is 9.64 Å². The Hall–Kier alpha value is -4.10. The number of aliphatic hydroxyl groups excluding tert-OH is 1. The molecule has 3 aromatic rings. The first-order chi connectivity index (χ1) is 17.2. The molecule has 3 aromatic carbocycles. The summed E-state index contributed by atoms with van der Waals surface area (Å²) < 4.78 is 9.96. The highest BCUT2D eigenvalue weighted by Crippen LogP contribution is 2.43. The van der Waals surface area contributed by atoms with E-state index in [4.69, 9.17) is 21.1 Å². The molecule has 0 aromatic heterocycles. The molecule has 1 atom stereocenters. The van der Waals surface area contributed by atoms with Crippen LogP contribution in [-0.2, 0) is 25.5 Å². The summed E-state index contributed by atoms with van der Waals surface area (Å²) in [4.78, 5) is 39.6. The molecule has 184 valence electrons. The van der Waals surface area contributed by atoms with Gasteiger partial charge in [0.25, 0.3) is 11.7 Å². The number of esters is 1. The van der Waals surface area contributed by atoms with E-state index < -0.39 is 17.7 Å². The van der Waals surface area contributed by atoms with Gasteiger partial charge in [0.05, 0.1) is 37.3 Å². The minimum absolute atomic E-state index is 0.0476. The number of benzene rings is 3. The SMILES string of the molecule is COC(=O)Cc1ccc(N2C(=O)C(=O)/C(=C(\O)c3ccc(Cl)c(OC)c3)C2c2cccc(C)c2)cc1. The van der Waals surface area contributed by atoms with Crippen LogP contribution >= 0.6 is 11.6 Å². The predicted octanol–water partition coefficient (Wildman–Crippen LogP) is 5.00. The molecule has 0 spiro atoms. The van der Waals surface area contributed by atoms with Crippen molar-refractivity contribution in [2.24, 2.45) is 0 Å². The van der Waals surface area contributed by atoms with E-state index in [0.29, 0.717) is 33.1 Å². The van der Waals surface area contributed by atoms with Crippen molar-refractivity contribution in [1.29, 1.82) is 0 Å². The van der Waals surface area contributed by atoms with Crippen LogP contribution in [0.15, 0.2) is 72.3 Å². The van der Waals surface area contributed by atoms with Crippen LogP contribution in [0.25, 0.3) is 5.76 Å². The number of carbonyl (C=O) groups excluding carboxylic acids is 3. The number of halogens is 1. The van der Waals surface area contributed by atoms with Crippen molar-refractivity contribution < 1.29 is 29.0 Å². The number of rotatable bonds is 6. The van der Waals surface area contributed by atoms with Gasteiger partial charge in [-0.05, 0) is 48.4 Å². The summed E-state index contributed by atoms with van der Waals surface area (Å²) in [6.45, 7) is 1.90. The van der Waals surface area contributed by atoms with Gasteiger partial charge >= 0.3 is 5.97 Å². The fraction of sp³-hybridized carbons (Fsp3) is 0.179. The number of carbonyl (C=O) groups is 3. The molecule has 1 N–H and O–H groups in total. The van der Waals surface area contributed by atoms with Crippen molar-refractivity contribution in [2.45, 2.75) is 19.4 Å². The summed E-state index contributed by atoms with van der Waals surface area (Å²) in [5.74, 6) is -1.99. The van der Waals surface area contributed by atoms with Gasteiger partial charge in [-0.3, -0.25) is 19.3 Å². The van der Waals surface area contributed by atoms with Gasteiger partial charge in [0.1, 0.15) is 11.5 Å². The first-order valence-electron chi connectivity index (χ1n) is 11.1. The van der Waals surface area contributed by atoms with Gasteiger partial charge < -0.3 is 14.6 Å². The third-order valence-corrected chi connectivity index (χ3v) is 6.33. The maximum atomic E-state index is 13.3. The number of ether oxygens (including phenoxy) is 2. The molecule has 36 heavy (non-hydrogen) atoms. The van der Waals surface area contributed by atoms with Crippen LogP contribution in [0.3, 0.4) is 0 Å². The Kier molecular flexibility index (Phi) is 7.12. The molecular weight excluding hydrogens is 482 g/mol. The number of anilines is 1. The van der Waals surface area contributed by atoms with Crippen LogP contribution in [0, 0.1) is 6.92 Å². The lowest BCUT2D eigenvalue weighted by molar-refractivity contribution is -0.139. The molecule has 1 fully saturated rings. The Morgan fingerprint density at radius 1 is 1.03 bits per heavy atom. The highest BCUT2D eigenvalue weighted by molar-refractivity contribution is 6.51. The molecule has 1 saturated heterocycles. The number of hydrogen-bond acceptors (Lipinski definition) is 6. The maximum absolute atomic E-state index is 13.3. The number of amides is 1. The minimum Gasteiger partial charge on any atom is -0.507 e. The first kappa shape index (κ1) is 25.0. The number of hydrogen-bond donors (Lipinski definition) is 1. The Morgan fingerprint density at radius 2 is 1.75 bits per heavy atom. The fourth-order valence-electron chi connectivity index (χ4n) is 4.23. The summed E-state index contributed by atoms with van der Waals surface area (Å²) in [6, 6.07) is 17.9. The van der Waals surface area contributed by atoms with Gasteiger partial charge in [-0.15, -0.1) is 0 Å². The number of aryl methyl sites for hydroxylation is 1. The van der Waals surface area contributed by atoms with Crippen LogP contribution in [0.1, 0.15) is 28.3 Å². The molecule has 4 rings (SSSR count). The number of ketones is 1. The highest BCUT2D eigenvalue weighted by Gasteiger charge is 2.47. The van der Waals surface area contributed by atoms with Crippen LogP contribution in [0.5, 0.6) is 5.75 Å². The van der Waals surface area contributed by atoms with E-state index in [1.54, 1.807) is 42.5 Å². The Balaban J connectivity index is 1.87. The van der Waals surface area contributed by atoms with Crippen molar-refractivity contribution in [1.82, 2.24) is 0 Å².